The second-order valence-corrected chi connectivity index (χ2v) is 7.80. The first-order valence-corrected chi connectivity index (χ1v) is 10.1. The number of sulfonamides is 1. The van der Waals surface area contributed by atoms with Crippen molar-refractivity contribution in [1.29, 1.82) is 0 Å². The summed E-state index contributed by atoms with van der Waals surface area (Å²) in [6.07, 6.45) is 2.88. The number of anilines is 1. The van der Waals surface area contributed by atoms with Crippen LogP contribution in [-0.4, -0.2) is 26.6 Å². The number of hydrogen-bond acceptors (Lipinski definition) is 3. The van der Waals surface area contributed by atoms with E-state index >= 15 is 0 Å². The lowest BCUT2D eigenvalue weighted by atomic mass is 10.1. The fourth-order valence-electron chi connectivity index (χ4n) is 2.38. The summed E-state index contributed by atoms with van der Waals surface area (Å²) in [5.41, 5.74) is 2.14. The van der Waals surface area contributed by atoms with Crippen LogP contribution in [0, 0.1) is 0 Å². The van der Waals surface area contributed by atoms with Gasteiger partial charge in [-0.3, -0.25) is 9.52 Å². The molecule has 2 aromatic carbocycles. The van der Waals surface area contributed by atoms with E-state index in [4.69, 9.17) is 0 Å². The van der Waals surface area contributed by atoms with Crippen molar-refractivity contribution in [3.8, 4) is 0 Å². The molecule has 0 aromatic heterocycles. The summed E-state index contributed by atoms with van der Waals surface area (Å²) < 4.78 is 25.6. The summed E-state index contributed by atoms with van der Waals surface area (Å²) in [5, 5.41) is 2.87. The predicted molar refractivity (Wildman–Crippen MR) is 101 cm³/mol. The Morgan fingerprint density at radius 2 is 1.76 bits per heavy atom. The first-order valence-electron chi connectivity index (χ1n) is 8.43. The minimum absolute atomic E-state index is 0.00909. The highest BCUT2D eigenvalue weighted by molar-refractivity contribution is 7.92. The van der Waals surface area contributed by atoms with Gasteiger partial charge >= 0.3 is 0 Å². The fraction of sp³-hybridized carbons (Fsp3) is 0.316. The maximum Gasteiger partial charge on any atom is 0.251 e. The molecule has 2 rings (SSSR count). The van der Waals surface area contributed by atoms with Crippen LogP contribution in [0.2, 0.25) is 0 Å². The van der Waals surface area contributed by atoms with Gasteiger partial charge < -0.3 is 5.32 Å². The minimum atomic E-state index is -3.35. The molecule has 0 fully saturated rings. The molecule has 0 radical (unpaired) electrons. The molecule has 0 aliphatic heterocycles. The molecule has 0 heterocycles. The van der Waals surface area contributed by atoms with Crippen LogP contribution in [-0.2, 0) is 16.4 Å². The highest BCUT2D eigenvalue weighted by atomic mass is 32.2. The van der Waals surface area contributed by atoms with E-state index in [1.54, 1.807) is 31.2 Å². The van der Waals surface area contributed by atoms with Crippen LogP contribution in [0.5, 0.6) is 0 Å². The van der Waals surface area contributed by atoms with Crippen LogP contribution in [0.3, 0.4) is 0 Å². The summed E-state index contributed by atoms with van der Waals surface area (Å²) in [7, 11) is -3.35. The number of unbranched alkanes of at least 4 members (excludes halogenated alkanes) is 1. The van der Waals surface area contributed by atoms with Crippen molar-refractivity contribution in [2.45, 2.75) is 26.2 Å². The maximum absolute atomic E-state index is 12.2. The molecule has 1 amide bonds. The first kappa shape index (κ1) is 19.0. The van der Waals surface area contributed by atoms with E-state index < -0.39 is 10.0 Å². The van der Waals surface area contributed by atoms with Crippen molar-refractivity contribution in [2.24, 2.45) is 0 Å². The van der Waals surface area contributed by atoms with E-state index in [1.807, 2.05) is 18.2 Å². The lowest BCUT2D eigenvalue weighted by Gasteiger charge is -2.09. The molecule has 134 valence electrons. The molecule has 2 N–H and O–H groups in total. The molecule has 2 aromatic rings. The Balaban J connectivity index is 1.79. The maximum atomic E-state index is 12.2. The molecule has 0 spiro atoms. The van der Waals surface area contributed by atoms with Crippen molar-refractivity contribution in [3.05, 3.63) is 65.7 Å². The summed E-state index contributed by atoms with van der Waals surface area (Å²) in [4.78, 5) is 12.2. The lowest BCUT2D eigenvalue weighted by molar-refractivity contribution is 0.0953. The van der Waals surface area contributed by atoms with Crippen molar-refractivity contribution in [1.82, 2.24) is 5.32 Å². The van der Waals surface area contributed by atoms with Crippen molar-refractivity contribution < 1.29 is 13.2 Å². The summed E-state index contributed by atoms with van der Waals surface area (Å²) in [5.74, 6) is -0.206. The summed E-state index contributed by atoms with van der Waals surface area (Å²) >= 11 is 0. The van der Waals surface area contributed by atoms with Gasteiger partial charge in [-0.25, -0.2) is 8.42 Å². The molecule has 25 heavy (non-hydrogen) atoms. The molecular formula is C19H24N2O3S. The standard InChI is InChI=1S/C19H24N2O3S/c1-2-25(23,24)21-18-13-8-12-17(15-18)19(22)20-14-7-6-11-16-9-4-3-5-10-16/h3-5,8-10,12-13,15,21H,2,6-7,11,14H2,1H3,(H,20,22). The Hall–Kier alpha value is -2.34. The molecule has 0 aliphatic rings. The summed E-state index contributed by atoms with van der Waals surface area (Å²) in [6.45, 7) is 2.16. The zero-order chi connectivity index (χ0) is 18.1. The molecule has 0 saturated carbocycles. The third-order valence-electron chi connectivity index (χ3n) is 3.80. The van der Waals surface area contributed by atoms with E-state index in [1.165, 1.54) is 5.56 Å². The van der Waals surface area contributed by atoms with Crippen molar-refractivity contribution in [2.75, 3.05) is 17.0 Å². The van der Waals surface area contributed by atoms with Gasteiger partial charge in [0.15, 0.2) is 0 Å². The Labute approximate surface area is 149 Å². The molecular weight excluding hydrogens is 336 g/mol. The number of carbonyl (C=O) groups is 1. The highest BCUT2D eigenvalue weighted by Gasteiger charge is 2.09. The quantitative estimate of drug-likeness (QED) is 0.674. The average molecular weight is 360 g/mol. The van der Waals surface area contributed by atoms with Gasteiger partial charge in [0.05, 0.1) is 5.75 Å². The fourth-order valence-corrected chi connectivity index (χ4v) is 3.01. The first-order chi connectivity index (χ1) is 12.0. The molecule has 0 bridgehead atoms. The van der Waals surface area contributed by atoms with E-state index in [9.17, 15) is 13.2 Å². The molecule has 0 atom stereocenters. The van der Waals surface area contributed by atoms with Gasteiger partial charge in [-0.1, -0.05) is 36.4 Å². The molecule has 0 aliphatic carbocycles. The van der Waals surface area contributed by atoms with Gasteiger partial charge in [0.2, 0.25) is 10.0 Å². The lowest BCUT2D eigenvalue weighted by Crippen LogP contribution is -2.24. The smallest absolute Gasteiger partial charge is 0.251 e. The van der Waals surface area contributed by atoms with Crippen LogP contribution in [0.4, 0.5) is 5.69 Å². The van der Waals surface area contributed by atoms with Gasteiger partial charge in [-0.2, -0.15) is 0 Å². The second-order valence-electron chi connectivity index (χ2n) is 5.78. The number of aryl methyl sites for hydroxylation is 1. The topological polar surface area (TPSA) is 75.3 Å². The minimum Gasteiger partial charge on any atom is -0.352 e. The second kappa shape index (κ2) is 9.22. The Kier molecular flexibility index (Phi) is 7.01. The highest BCUT2D eigenvalue weighted by Crippen LogP contribution is 2.12. The van der Waals surface area contributed by atoms with Crippen LogP contribution in [0.1, 0.15) is 35.7 Å². The number of rotatable bonds is 9. The van der Waals surface area contributed by atoms with Gasteiger partial charge in [0, 0.05) is 17.8 Å². The Morgan fingerprint density at radius 3 is 2.48 bits per heavy atom. The largest absolute Gasteiger partial charge is 0.352 e. The average Bonchev–Trinajstić information content (AvgIpc) is 2.62. The van der Waals surface area contributed by atoms with E-state index in [-0.39, 0.29) is 11.7 Å². The Bertz CT molecular complexity index is 789. The van der Waals surface area contributed by atoms with Crippen molar-refractivity contribution in [3.63, 3.8) is 0 Å². The zero-order valence-electron chi connectivity index (χ0n) is 14.4. The van der Waals surface area contributed by atoms with Crippen LogP contribution >= 0.6 is 0 Å². The van der Waals surface area contributed by atoms with Gasteiger partial charge in [0.1, 0.15) is 0 Å². The molecule has 6 heteroatoms. The SMILES string of the molecule is CCS(=O)(=O)Nc1cccc(C(=O)NCCCCc2ccccc2)c1. The third-order valence-corrected chi connectivity index (χ3v) is 5.11. The number of carbonyl (C=O) groups excluding carboxylic acids is 1. The van der Waals surface area contributed by atoms with E-state index in [0.29, 0.717) is 17.8 Å². The third kappa shape index (κ3) is 6.58. The van der Waals surface area contributed by atoms with Crippen LogP contribution in [0.25, 0.3) is 0 Å². The molecule has 5 nitrogen and oxygen atoms in total. The monoisotopic (exact) mass is 360 g/mol. The normalized spacial score (nSPS) is 11.1. The van der Waals surface area contributed by atoms with Crippen LogP contribution < -0.4 is 10.0 Å². The summed E-state index contributed by atoms with van der Waals surface area (Å²) in [6, 6.07) is 16.8. The van der Waals surface area contributed by atoms with E-state index in [0.717, 1.165) is 19.3 Å². The van der Waals surface area contributed by atoms with Gasteiger partial charge in [-0.15, -0.1) is 0 Å². The molecule has 0 saturated heterocycles. The van der Waals surface area contributed by atoms with Crippen LogP contribution in [0.15, 0.2) is 54.6 Å². The number of benzene rings is 2. The number of amides is 1. The number of hydrogen-bond donors (Lipinski definition) is 2. The van der Waals surface area contributed by atoms with Crippen molar-refractivity contribution >= 4 is 21.6 Å². The van der Waals surface area contributed by atoms with E-state index in [2.05, 4.69) is 22.2 Å². The van der Waals surface area contributed by atoms with Gasteiger partial charge in [-0.05, 0) is 49.9 Å². The zero-order valence-corrected chi connectivity index (χ0v) is 15.2. The number of nitrogens with one attached hydrogen (secondary N) is 2. The van der Waals surface area contributed by atoms with Gasteiger partial charge in [0.25, 0.3) is 5.91 Å². The molecule has 0 unspecified atom stereocenters. The Morgan fingerprint density at radius 1 is 1.00 bits per heavy atom. The predicted octanol–water partition coefficient (Wildman–Crippen LogP) is 3.20.